The molecule has 0 aliphatic rings. The van der Waals surface area contributed by atoms with E-state index < -0.39 is 11.5 Å². The number of carbonyl (C=O) groups excluding carboxylic acids is 2. The maximum Gasteiger partial charge on any atom is 0.263 e. The van der Waals surface area contributed by atoms with Gasteiger partial charge in [0, 0.05) is 38.1 Å². The molecule has 0 aliphatic carbocycles. The number of amides is 2. The van der Waals surface area contributed by atoms with E-state index in [0.717, 1.165) is 11.3 Å². The Kier molecular flexibility index (Phi) is 6.01. The van der Waals surface area contributed by atoms with Gasteiger partial charge in [0.15, 0.2) is 0 Å². The van der Waals surface area contributed by atoms with Crippen molar-refractivity contribution in [1.29, 1.82) is 0 Å². The zero-order valence-corrected chi connectivity index (χ0v) is 15.4. The molecule has 0 saturated heterocycles. The largest absolute Gasteiger partial charge is 0.355 e. The number of aromatic amines is 1. The predicted octanol–water partition coefficient (Wildman–Crippen LogP) is 0.952. The van der Waals surface area contributed by atoms with E-state index in [2.05, 4.69) is 20.8 Å². The first kappa shape index (κ1) is 19.1. The summed E-state index contributed by atoms with van der Waals surface area (Å²) in [6, 6.07) is 12.5. The molecule has 2 aromatic heterocycles. The monoisotopic (exact) mass is 379 g/mol. The number of carbonyl (C=O) groups is 2. The number of nitrogens with zero attached hydrogens (tertiary/aromatic N) is 2. The normalized spacial score (nSPS) is 10.5. The minimum Gasteiger partial charge on any atom is -0.355 e. The molecule has 144 valence electrons. The highest BCUT2D eigenvalue weighted by Crippen LogP contribution is 2.06. The third-order valence-electron chi connectivity index (χ3n) is 4.25. The van der Waals surface area contributed by atoms with Crippen LogP contribution in [0.1, 0.15) is 32.0 Å². The quantitative estimate of drug-likeness (QED) is 0.568. The lowest BCUT2D eigenvalue weighted by atomic mass is 10.1. The van der Waals surface area contributed by atoms with Gasteiger partial charge in [-0.1, -0.05) is 30.3 Å². The van der Waals surface area contributed by atoms with Crippen LogP contribution in [0.15, 0.2) is 59.7 Å². The van der Waals surface area contributed by atoms with E-state index in [9.17, 15) is 14.4 Å². The van der Waals surface area contributed by atoms with E-state index in [1.807, 2.05) is 36.4 Å². The summed E-state index contributed by atoms with van der Waals surface area (Å²) in [7, 11) is 1.44. The Labute approximate surface area is 161 Å². The van der Waals surface area contributed by atoms with Crippen LogP contribution in [0.5, 0.6) is 0 Å². The summed E-state index contributed by atoms with van der Waals surface area (Å²) in [4.78, 5) is 37.4. The number of nitrogens with one attached hydrogen (secondary N) is 3. The number of H-pyrrole nitrogens is 1. The van der Waals surface area contributed by atoms with Crippen LogP contribution in [0, 0.1) is 0 Å². The minimum atomic E-state index is -0.529. The molecule has 8 heteroatoms. The molecule has 0 spiro atoms. The van der Waals surface area contributed by atoms with Crippen molar-refractivity contribution in [3.05, 3.63) is 87.6 Å². The standard InChI is InChI=1S/C20H21N5O3/c1-21-19(27)17-11-15(18(26)22-9-7-16-8-10-23-24-16)13-25(20(17)28)12-14-5-3-2-4-6-14/h2-6,8,10-11,13H,7,9,12H2,1H3,(H,21,27)(H,22,26)(H,23,24). The summed E-state index contributed by atoms with van der Waals surface area (Å²) in [6.45, 7) is 0.660. The van der Waals surface area contributed by atoms with Crippen LogP contribution < -0.4 is 16.2 Å². The molecule has 3 N–H and O–H groups in total. The molecule has 0 bridgehead atoms. The molecule has 0 aliphatic heterocycles. The average molecular weight is 379 g/mol. The maximum atomic E-state index is 12.7. The Morgan fingerprint density at radius 3 is 2.61 bits per heavy atom. The number of hydrogen-bond acceptors (Lipinski definition) is 4. The van der Waals surface area contributed by atoms with Crippen LogP contribution in [0.3, 0.4) is 0 Å². The van der Waals surface area contributed by atoms with Crippen molar-refractivity contribution in [1.82, 2.24) is 25.4 Å². The minimum absolute atomic E-state index is 0.0698. The Hall–Kier alpha value is -3.68. The lowest BCUT2D eigenvalue weighted by Gasteiger charge is -2.12. The van der Waals surface area contributed by atoms with Gasteiger partial charge in [-0.15, -0.1) is 0 Å². The first-order chi connectivity index (χ1) is 13.6. The summed E-state index contributed by atoms with van der Waals surface area (Å²) in [5.41, 5.74) is 1.53. The van der Waals surface area contributed by atoms with E-state index in [0.29, 0.717) is 13.0 Å². The van der Waals surface area contributed by atoms with Gasteiger partial charge in [0.1, 0.15) is 5.56 Å². The van der Waals surface area contributed by atoms with Crippen LogP contribution in [0.4, 0.5) is 0 Å². The summed E-state index contributed by atoms with van der Waals surface area (Å²) >= 11 is 0. The van der Waals surface area contributed by atoms with E-state index in [-0.39, 0.29) is 23.6 Å². The molecule has 0 atom stereocenters. The van der Waals surface area contributed by atoms with Crippen molar-refractivity contribution in [2.24, 2.45) is 0 Å². The van der Waals surface area contributed by atoms with Crippen molar-refractivity contribution in [3.8, 4) is 0 Å². The maximum absolute atomic E-state index is 12.7. The first-order valence-corrected chi connectivity index (χ1v) is 8.85. The molecular formula is C20H21N5O3. The van der Waals surface area contributed by atoms with Gasteiger partial charge < -0.3 is 15.2 Å². The molecule has 0 fully saturated rings. The van der Waals surface area contributed by atoms with Crippen LogP contribution >= 0.6 is 0 Å². The van der Waals surface area contributed by atoms with Gasteiger partial charge in [-0.2, -0.15) is 5.10 Å². The molecular weight excluding hydrogens is 358 g/mol. The van der Waals surface area contributed by atoms with Crippen molar-refractivity contribution < 1.29 is 9.59 Å². The zero-order chi connectivity index (χ0) is 19.9. The van der Waals surface area contributed by atoms with Crippen LogP contribution in [-0.2, 0) is 13.0 Å². The molecule has 3 aromatic rings. The Morgan fingerprint density at radius 1 is 1.14 bits per heavy atom. The summed E-state index contributed by atoms with van der Waals surface area (Å²) in [6.07, 6.45) is 3.72. The van der Waals surface area contributed by atoms with Crippen LogP contribution in [-0.4, -0.2) is 40.2 Å². The lowest BCUT2D eigenvalue weighted by molar-refractivity contribution is 0.0953. The van der Waals surface area contributed by atoms with E-state index in [1.165, 1.54) is 23.9 Å². The fourth-order valence-electron chi connectivity index (χ4n) is 2.79. The SMILES string of the molecule is CNC(=O)c1cc(C(=O)NCCc2ccn[nH]2)cn(Cc2ccccc2)c1=O. The van der Waals surface area contributed by atoms with Crippen molar-refractivity contribution in [2.45, 2.75) is 13.0 Å². The highest BCUT2D eigenvalue weighted by Gasteiger charge is 2.17. The van der Waals surface area contributed by atoms with E-state index >= 15 is 0 Å². The third-order valence-corrected chi connectivity index (χ3v) is 4.25. The Morgan fingerprint density at radius 2 is 1.93 bits per heavy atom. The van der Waals surface area contributed by atoms with E-state index in [4.69, 9.17) is 0 Å². The number of benzene rings is 1. The molecule has 0 radical (unpaired) electrons. The summed E-state index contributed by atoms with van der Waals surface area (Å²) in [5.74, 6) is -0.884. The van der Waals surface area contributed by atoms with E-state index in [1.54, 1.807) is 6.20 Å². The van der Waals surface area contributed by atoms with Crippen LogP contribution in [0.2, 0.25) is 0 Å². The van der Waals surface area contributed by atoms with Gasteiger partial charge in [0.25, 0.3) is 17.4 Å². The molecule has 0 saturated carbocycles. The summed E-state index contributed by atoms with van der Waals surface area (Å²) < 4.78 is 1.38. The fraction of sp³-hybridized carbons (Fsp3) is 0.200. The number of aromatic nitrogens is 3. The highest BCUT2D eigenvalue weighted by molar-refractivity contribution is 5.99. The van der Waals surface area contributed by atoms with Gasteiger partial charge in [-0.05, 0) is 17.7 Å². The number of hydrogen-bond donors (Lipinski definition) is 3. The third kappa shape index (κ3) is 4.53. The van der Waals surface area contributed by atoms with Gasteiger partial charge in [-0.25, -0.2) is 0 Å². The predicted molar refractivity (Wildman–Crippen MR) is 104 cm³/mol. The lowest BCUT2D eigenvalue weighted by Crippen LogP contribution is -2.34. The average Bonchev–Trinajstić information content (AvgIpc) is 3.23. The molecule has 3 rings (SSSR count). The smallest absolute Gasteiger partial charge is 0.263 e. The van der Waals surface area contributed by atoms with Crippen molar-refractivity contribution in [2.75, 3.05) is 13.6 Å². The molecule has 2 amide bonds. The Balaban J connectivity index is 1.84. The number of rotatable bonds is 7. The first-order valence-electron chi connectivity index (χ1n) is 8.85. The molecule has 28 heavy (non-hydrogen) atoms. The molecule has 2 heterocycles. The zero-order valence-electron chi connectivity index (χ0n) is 15.4. The molecule has 1 aromatic carbocycles. The summed E-state index contributed by atoms with van der Waals surface area (Å²) in [5, 5.41) is 11.9. The van der Waals surface area contributed by atoms with Crippen molar-refractivity contribution in [3.63, 3.8) is 0 Å². The topological polar surface area (TPSA) is 109 Å². The van der Waals surface area contributed by atoms with Gasteiger partial charge in [-0.3, -0.25) is 19.5 Å². The van der Waals surface area contributed by atoms with Gasteiger partial charge in [0.2, 0.25) is 0 Å². The van der Waals surface area contributed by atoms with Gasteiger partial charge >= 0.3 is 0 Å². The van der Waals surface area contributed by atoms with Crippen LogP contribution in [0.25, 0.3) is 0 Å². The number of pyridine rings is 1. The second-order valence-electron chi connectivity index (χ2n) is 6.23. The molecule has 8 nitrogen and oxygen atoms in total. The van der Waals surface area contributed by atoms with Crippen molar-refractivity contribution >= 4 is 11.8 Å². The highest BCUT2D eigenvalue weighted by atomic mass is 16.2. The Bertz CT molecular complexity index is 1010. The fourth-order valence-corrected chi connectivity index (χ4v) is 2.79. The second kappa shape index (κ2) is 8.81. The molecule has 0 unspecified atom stereocenters. The second-order valence-corrected chi connectivity index (χ2v) is 6.23. The van der Waals surface area contributed by atoms with Gasteiger partial charge in [0.05, 0.1) is 12.1 Å².